The van der Waals surface area contributed by atoms with E-state index in [0.717, 1.165) is 17.9 Å². The molecule has 0 aromatic heterocycles. The predicted octanol–water partition coefficient (Wildman–Crippen LogP) is 5.68. The van der Waals surface area contributed by atoms with Gasteiger partial charge in [-0.15, -0.1) is 0 Å². The third-order valence-electron chi connectivity index (χ3n) is 4.48. The summed E-state index contributed by atoms with van der Waals surface area (Å²) in [5, 5.41) is 0. The molecule has 1 unspecified atom stereocenters. The van der Waals surface area contributed by atoms with Crippen LogP contribution in [0.25, 0.3) is 0 Å². The van der Waals surface area contributed by atoms with Gasteiger partial charge in [-0.25, -0.2) is 4.99 Å². The summed E-state index contributed by atoms with van der Waals surface area (Å²) in [6.07, 6.45) is 0.965. The lowest BCUT2D eigenvalue weighted by Crippen LogP contribution is -2.46. The maximum Gasteiger partial charge on any atom is 0.112 e. The highest BCUT2D eigenvalue weighted by Crippen LogP contribution is 2.40. The summed E-state index contributed by atoms with van der Waals surface area (Å²) in [5.41, 5.74) is 4.83. The molecule has 118 valence electrons. The van der Waals surface area contributed by atoms with Crippen molar-refractivity contribution >= 4 is 17.2 Å². The van der Waals surface area contributed by atoms with Gasteiger partial charge in [0.05, 0.1) is 11.7 Å². The minimum absolute atomic E-state index is 0.358. The molecule has 1 fully saturated rings. The van der Waals surface area contributed by atoms with Crippen LogP contribution in [0.5, 0.6) is 0 Å². The van der Waals surface area contributed by atoms with Crippen LogP contribution in [0, 0.1) is 6.92 Å². The molecule has 3 aromatic rings. The topological polar surface area (TPSA) is 15.6 Å². The highest BCUT2D eigenvalue weighted by Gasteiger charge is 2.36. The van der Waals surface area contributed by atoms with E-state index in [4.69, 9.17) is 4.99 Å². The van der Waals surface area contributed by atoms with Crippen molar-refractivity contribution < 1.29 is 0 Å². The second kappa shape index (κ2) is 6.32. The second-order valence-corrected chi connectivity index (χ2v) is 6.20. The molecule has 1 atom stereocenters. The summed E-state index contributed by atoms with van der Waals surface area (Å²) in [4.78, 5) is 7.21. The Bertz CT molecular complexity index is 836. The van der Waals surface area contributed by atoms with Crippen molar-refractivity contribution in [2.45, 2.75) is 19.4 Å². The van der Waals surface area contributed by atoms with Gasteiger partial charge in [0, 0.05) is 12.1 Å². The van der Waals surface area contributed by atoms with Crippen molar-refractivity contribution in [3.05, 3.63) is 96.1 Å². The van der Waals surface area contributed by atoms with Crippen LogP contribution < -0.4 is 4.90 Å². The Morgan fingerprint density at radius 1 is 0.792 bits per heavy atom. The molecule has 4 rings (SSSR count). The maximum absolute atomic E-state index is 4.86. The van der Waals surface area contributed by atoms with Gasteiger partial charge in [-0.2, -0.15) is 0 Å². The summed E-state index contributed by atoms with van der Waals surface area (Å²) in [6, 6.07) is 29.9. The molecule has 2 heteroatoms. The molecule has 1 aliphatic rings. The quantitative estimate of drug-likeness (QED) is 0.608. The number of aryl methyl sites for hydroxylation is 1. The van der Waals surface area contributed by atoms with Crippen molar-refractivity contribution in [1.29, 1.82) is 0 Å². The first kappa shape index (κ1) is 14.7. The van der Waals surface area contributed by atoms with Crippen molar-refractivity contribution in [2.75, 3.05) is 4.90 Å². The fourth-order valence-corrected chi connectivity index (χ4v) is 3.16. The minimum Gasteiger partial charge on any atom is -0.322 e. The molecule has 0 spiro atoms. The zero-order valence-corrected chi connectivity index (χ0v) is 13.8. The van der Waals surface area contributed by atoms with E-state index in [0.29, 0.717) is 6.04 Å². The molecule has 1 saturated heterocycles. The Morgan fingerprint density at radius 2 is 1.42 bits per heavy atom. The van der Waals surface area contributed by atoms with E-state index in [-0.39, 0.29) is 0 Å². The number of rotatable bonds is 3. The van der Waals surface area contributed by atoms with Crippen LogP contribution in [-0.2, 0) is 0 Å². The molecule has 0 radical (unpaired) electrons. The zero-order chi connectivity index (χ0) is 16.4. The second-order valence-electron chi connectivity index (χ2n) is 6.20. The summed E-state index contributed by atoms with van der Waals surface area (Å²) in [5.74, 6) is 1.12. The van der Waals surface area contributed by atoms with Gasteiger partial charge in [0.2, 0.25) is 0 Å². The van der Waals surface area contributed by atoms with Gasteiger partial charge in [-0.1, -0.05) is 66.2 Å². The van der Waals surface area contributed by atoms with Crippen LogP contribution in [0.3, 0.4) is 0 Å². The number of amidine groups is 1. The zero-order valence-electron chi connectivity index (χ0n) is 13.8. The Kier molecular flexibility index (Phi) is 3.87. The van der Waals surface area contributed by atoms with Crippen LogP contribution in [0.2, 0.25) is 0 Å². The Morgan fingerprint density at radius 3 is 2.08 bits per heavy atom. The normalized spacial score (nSPS) is 18.5. The molecule has 0 saturated carbocycles. The van der Waals surface area contributed by atoms with Gasteiger partial charge in [-0.3, -0.25) is 0 Å². The number of hydrogen-bond acceptors (Lipinski definition) is 1. The number of hydrogen-bond donors (Lipinski definition) is 0. The van der Waals surface area contributed by atoms with E-state index in [2.05, 4.69) is 78.6 Å². The highest BCUT2D eigenvalue weighted by molar-refractivity contribution is 6.06. The third-order valence-corrected chi connectivity index (χ3v) is 4.48. The van der Waals surface area contributed by atoms with Crippen LogP contribution >= 0.6 is 0 Å². The lowest BCUT2D eigenvalue weighted by atomic mass is 9.92. The third kappa shape index (κ3) is 2.83. The van der Waals surface area contributed by atoms with Crippen LogP contribution in [0.15, 0.2) is 89.9 Å². The summed E-state index contributed by atoms with van der Waals surface area (Å²) in [7, 11) is 0. The van der Waals surface area contributed by atoms with E-state index in [1.54, 1.807) is 0 Å². The molecular formula is C22H20N2. The van der Waals surface area contributed by atoms with Crippen molar-refractivity contribution in [1.82, 2.24) is 0 Å². The molecule has 0 amide bonds. The Balaban J connectivity index is 1.71. The first-order chi connectivity index (χ1) is 11.8. The molecule has 2 nitrogen and oxygen atoms in total. The number of anilines is 1. The van der Waals surface area contributed by atoms with Crippen LogP contribution in [-0.4, -0.2) is 5.84 Å². The summed E-state index contributed by atoms with van der Waals surface area (Å²) >= 11 is 0. The summed E-state index contributed by atoms with van der Waals surface area (Å²) < 4.78 is 0. The van der Waals surface area contributed by atoms with Gasteiger partial charge in [0.15, 0.2) is 0 Å². The van der Waals surface area contributed by atoms with Crippen molar-refractivity contribution in [3.8, 4) is 0 Å². The largest absolute Gasteiger partial charge is 0.322 e. The predicted molar refractivity (Wildman–Crippen MR) is 101 cm³/mol. The number of benzene rings is 3. The smallest absolute Gasteiger partial charge is 0.112 e. The molecule has 1 heterocycles. The average Bonchev–Trinajstić information content (AvgIpc) is 2.62. The van der Waals surface area contributed by atoms with Gasteiger partial charge in [0.25, 0.3) is 0 Å². The Labute approximate surface area is 143 Å². The molecule has 0 N–H and O–H groups in total. The SMILES string of the molecule is Cc1ccc(N2C(=Nc3ccccc3)CC2c2ccccc2)cc1. The summed E-state index contributed by atoms with van der Waals surface area (Å²) in [6.45, 7) is 2.12. The minimum atomic E-state index is 0.358. The van der Waals surface area contributed by atoms with Gasteiger partial charge < -0.3 is 4.90 Å². The average molecular weight is 312 g/mol. The molecular weight excluding hydrogens is 292 g/mol. The van der Waals surface area contributed by atoms with Gasteiger partial charge in [-0.05, 0) is 36.8 Å². The van der Waals surface area contributed by atoms with E-state index < -0.39 is 0 Å². The fraction of sp³-hybridized carbons (Fsp3) is 0.136. The first-order valence-corrected chi connectivity index (χ1v) is 8.35. The molecule has 3 aromatic carbocycles. The highest BCUT2D eigenvalue weighted by atomic mass is 15.3. The fourth-order valence-electron chi connectivity index (χ4n) is 3.16. The number of nitrogens with zero attached hydrogens (tertiary/aromatic N) is 2. The molecule has 1 aliphatic heterocycles. The van der Waals surface area contributed by atoms with Crippen molar-refractivity contribution in [2.24, 2.45) is 4.99 Å². The number of para-hydroxylation sites is 1. The molecule has 0 aliphatic carbocycles. The molecule has 24 heavy (non-hydrogen) atoms. The van der Waals surface area contributed by atoms with Crippen LogP contribution in [0.1, 0.15) is 23.6 Å². The van der Waals surface area contributed by atoms with Crippen molar-refractivity contribution in [3.63, 3.8) is 0 Å². The lowest BCUT2D eigenvalue weighted by Gasteiger charge is -2.44. The Hall–Kier alpha value is -2.87. The van der Waals surface area contributed by atoms with E-state index in [9.17, 15) is 0 Å². The maximum atomic E-state index is 4.86. The van der Waals surface area contributed by atoms with Gasteiger partial charge in [0.1, 0.15) is 5.84 Å². The monoisotopic (exact) mass is 312 g/mol. The molecule has 0 bridgehead atoms. The first-order valence-electron chi connectivity index (χ1n) is 8.35. The van der Waals surface area contributed by atoms with E-state index in [1.165, 1.54) is 16.8 Å². The van der Waals surface area contributed by atoms with Gasteiger partial charge >= 0.3 is 0 Å². The standard InChI is InChI=1S/C22H20N2/c1-17-12-14-20(15-13-17)24-21(18-8-4-2-5-9-18)16-22(24)23-19-10-6-3-7-11-19/h2-15,21H,16H2,1H3. The number of aliphatic imine (C=N–C) groups is 1. The lowest BCUT2D eigenvalue weighted by molar-refractivity contribution is 0.652. The van der Waals surface area contributed by atoms with E-state index >= 15 is 0 Å². The van der Waals surface area contributed by atoms with E-state index in [1.807, 2.05) is 18.2 Å². The van der Waals surface area contributed by atoms with Crippen LogP contribution in [0.4, 0.5) is 11.4 Å².